The van der Waals surface area contributed by atoms with E-state index in [-0.39, 0.29) is 11.9 Å². The largest absolute Gasteiger partial charge is 0.359 e. The van der Waals surface area contributed by atoms with Gasteiger partial charge in [0.25, 0.3) is 0 Å². The van der Waals surface area contributed by atoms with Crippen LogP contribution in [0.3, 0.4) is 0 Å². The zero-order valence-electron chi connectivity index (χ0n) is 16.1. The summed E-state index contributed by atoms with van der Waals surface area (Å²) in [6.07, 6.45) is 8.03. The van der Waals surface area contributed by atoms with Crippen LogP contribution in [0, 0.1) is 6.92 Å². The van der Waals surface area contributed by atoms with Gasteiger partial charge in [0, 0.05) is 17.8 Å². The van der Waals surface area contributed by atoms with Crippen LogP contribution in [0.1, 0.15) is 62.4 Å². The highest BCUT2D eigenvalue weighted by Gasteiger charge is 2.34. The SMILES string of the molecule is Cc1cc([C@@H]2CCCN2CC(=O)N(c2ccccc2)C2CCCCC2)on1. The molecule has 1 amide bonds. The molecule has 1 aliphatic heterocycles. The van der Waals surface area contributed by atoms with E-state index in [1.807, 2.05) is 31.2 Å². The average molecular weight is 367 g/mol. The number of hydrogen-bond donors (Lipinski definition) is 0. The van der Waals surface area contributed by atoms with Crippen LogP contribution in [-0.4, -0.2) is 35.1 Å². The quantitative estimate of drug-likeness (QED) is 0.781. The van der Waals surface area contributed by atoms with Gasteiger partial charge in [-0.1, -0.05) is 42.6 Å². The molecular formula is C22H29N3O2. The topological polar surface area (TPSA) is 49.6 Å². The van der Waals surface area contributed by atoms with Crippen molar-refractivity contribution >= 4 is 11.6 Å². The summed E-state index contributed by atoms with van der Waals surface area (Å²) in [6, 6.07) is 12.7. The lowest BCUT2D eigenvalue weighted by atomic mass is 9.93. The molecule has 144 valence electrons. The first-order valence-corrected chi connectivity index (χ1v) is 10.3. The zero-order valence-corrected chi connectivity index (χ0v) is 16.1. The van der Waals surface area contributed by atoms with Gasteiger partial charge >= 0.3 is 0 Å². The third kappa shape index (κ3) is 4.08. The molecule has 1 aromatic carbocycles. The minimum absolute atomic E-state index is 0.166. The third-order valence-corrected chi connectivity index (χ3v) is 5.92. The first kappa shape index (κ1) is 18.2. The lowest BCUT2D eigenvalue weighted by Gasteiger charge is -2.36. The second kappa shape index (κ2) is 8.26. The number of benzene rings is 1. The second-order valence-electron chi connectivity index (χ2n) is 7.89. The van der Waals surface area contributed by atoms with E-state index >= 15 is 0 Å². The Hall–Kier alpha value is -2.14. The van der Waals surface area contributed by atoms with E-state index in [4.69, 9.17) is 4.52 Å². The molecule has 1 saturated heterocycles. The molecule has 2 fully saturated rings. The van der Waals surface area contributed by atoms with Crippen LogP contribution in [0.4, 0.5) is 5.69 Å². The molecule has 0 spiro atoms. The number of aromatic nitrogens is 1. The van der Waals surface area contributed by atoms with Crippen LogP contribution < -0.4 is 4.90 Å². The number of para-hydroxylation sites is 1. The summed E-state index contributed by atoms with van der Waals surface area (Å²) >= 11 is 0. The Bertz CT molecular complexity index is 752. The highest BCUT2D eigenvalue weighted by Crippen LogP contribution is 2.33. The van der Waals surface area contributed by atoms with E-state index in [2.05, 4.69) is 27.1 Å². The molecule has 4 rings (SSSR count). The van der Waals surface area contributed by atoms with E-state index in [1.165, 1.54) is 19.3 Å². The van der Waals surface area contributed by atoms with Crippen LogP contribution in [0.25, 0.3) is 0 Å². The van der Waals surface area contributed by atoms with Gasteiger partial charge in [0.2, 0.25) is 5.91 Å². The van der Waals surface area contributed by atoms with Crippen molar-refractivity contribution in [3.05, 3.63) is 47.9 Å². The van der Waals surface area contributed by atoms with Crippen LogP contribution in [0.5, 0.6) is 0 Å². The summed E-state index contributed by atoms with van der Waals surface area (Å²) in [7, 11) is 0. The standard InChI is InChI=1S/C22H29N3O2/c1-17-15-21(27-23-17)20-13-8-14-24(20)16-22(26)25(18-9-4-2-5-10-18)19-11-6-3-7-12-19/h2,4-5,9-10,15,19-20H,3,6-8,11-14,16H2,1H3/t20-/m0/s1. The molecule has 5 nitrogen and oxygen atoms in total. The zero-order chi connectivity index (χ0) is 18.6. The van der Waals surface area contributed by atoms with Gasteiger partial charge in [0.1, 0.15) is 0 Å². The molecule has 0 N–H and O–H groups in total. The summed E-state index contributed by atoms with van der Waals surface area (Å²) in [5.74, 6) is 1.10. The van der Waals surface area contributed by atoms with Gasteiger partial charge in [-0.3, -0.25) is 9.69 Å². The number of hydrogen-bond acceptors (Lipinski definition) is 4. The van der Waals surface area contributed by atoms with Crippen LogP contribution in [-0.2, 0) is 4.79 Å². The summed E-state index contributed by atoms with van der Waals surface area (Å²) in [4.78, 5) is 17.8. The first-order valence-electron chi connectivity index (χ1n) is 10.3. The van der Waals surface area contributed by atoms with Crippen molar-refractivity contribution in [1.29, 1.82) is 0 Å². The van der Waals surface area contributed by atoms with Crippen molar-refractivity contribution in [3.8, 4) is 0 Å². The number of anilines is 1. The van der Waals surface area contributed by atoms with E-state index in [9.17, 15) is 4.79 Å². The normalized spacial score (nSPS) is 21.4. The van der Waals surface area contributed by atoms with Crippen molar-refractivity contribution < 1.29 is 9.32 Å². The molecule has 5 heteroatoms. The van der Waals surface area contributed by atoms with E-state index in [0.29, 0.717) is 12.6 Å². The molecule has 27 heavy (non-hydrogen) atoms. The molecule has 1 atom stereocenters. The van der Waals surface area contributed by atoms with Gasteiger partial charge < -0.3 is 9.42 Å². The lowest BCUT2D eigenvalue weighted by Crippen LogP contribution is -2.46. The molecule has 0 radical (unpaired) electrons. The predicted octanol–water partition coefficient (Wildman–Crippen LogP) is 4.49. The molecule has 1 aliphatic carbocycles. The van der Waals surface area contributed by atoms with Crippen molar-refractivity contribution in [2.24, 2.45) is 0 Å². The predicted molar refractivity (Wildman–Crippen MR) is 106 cm³/mol. The molecule has 2 heterocycles. The minimum atomic E-state index is 0.166. The van der Waals surface area contributed by atoms with Gasteiger partial charge in [-0.25, -0.2) is 0 Å². The minimum Gasteiger partial charge on any atom is -0.359 e. The Morgan fingerprint density at radius 2 is 1.93 bits per heavy atom. The van der Waals surface area contributed by atoms with Gasteiger partial charge in [-0.2, -0.15) is 0 Å². The number of aryl methyl sites for hydroxylation is 1. The van der Waals surface area contributed by atoms with Gasteiger partial charge in [-0.15, -0.1) is 0 Å². The lowest BCUT2D eigenvalue weighted by molar-refractivity contribution is -0.120. The fourth-order valence-corrected chi connectivity index (χ4v) is 4.61. The smallest absolute Gasteiger partial charge is 0.241 e. The van der Waals surface area contributed by atoms with Crippen molar-refractivity contribution in [1.82, 2.24) is 10.1 Å². The van der Waals surface area contributed by atoms with Gasteiger partial charge in [0.15, 0.2) is 5.76 Å². The summed E-state index contributed by atoms with van der Waals surface area (Å²) in [6.45, 7) is 3.32. The number of amides is 1. The number of rotatable bonds is 5. The van der Waals surface area contributed by atoms with Crippen LogP contribution in [0.2, 0.25) is 0 Å². The molecule has 1 saturated carbocycles. The monoisotopic (exact) mass is 367 g/mol. The van der Waals surface area contributed by atoms with Crippen LogP contribution in [0.15, 0.2) is 40.9 Å². The summed E-state index contributed by atoms with van der Waals surface area (Å²) in [5, 5.41) is 4.03. The van der Waals surface area contributed by atoms with E-state index in [1.54, 1.807) is 0 Å². The summed E-state index contributed by atoms with van der Waals surface area (Å²) < 4.78 is 5.50. The number of nitrogens with zero attached hydrogens (tertiary/aromatic N) is 3. The van der Waals surface area contributed by atoms with Crippen LogP contribution >= 0.6 is 0 Å². The van der Waals surface area contributed by atoms with Crippen molar-refractivity contribution in [2.45, 2.75) is 64.0 Å². The Morgan fingerprint density at radius 3 is 2.63 bits per heavy atom. The molecule has 2 aromatic rings. The Labute approximate surface area is 161 Å². The molecule has 1 aromatic heterocycles. The first-order chi connectivity index (χ1) is 13.2. The second-order valence-corrected chi connectivity index (χ2v) is 7.89. The fourth-order valence-electron chi connectivity index (χ4n) is 4.61. The Morgan fingerprint density at radius 1 is 1.15 bits per heavy atom. The molecular weight excluding hydrogens is 338 g/mol. The maximum absolute atomic E-state index is 13.4. The molecule has 0 unspecified atom stereocenters. The van der Waals surface area contributed by atoms with E-state index in [0.717, 1.165) is 49.4 Å². The van der Waals surface area contributed by atoms with E-state index < -0.39 is 0 Å². The Balaban J connectivity index is 1.52. The van der Waals surface area contributed by atoms with Gasteiger partial charge in [-0.05, 0) is 51.3 Å². The Kier molecular flexibility index (Phi) is 5.58. The highest BCUT2D eigenvalue weighted by atomic mass is 16.5. The maximum atomic E-state index is 13.4. The number of carbonyl (C=O) groups excluding carboxylic acids is 1. The van der Waals surface area contributed by atoms with Crippen molar-refractivity contribution in [2.75, 3.05) is 18.0 Å². The third-order valence-electron chi connectivity index (χ3n) is 5.92. The fraction of sp³-hybridized carbons (Fsp3) is 0.545. The van der Waals surface area contributed by atoms with Gasteiger partial charge in [0.05, 0.1) is 18.3 Å². The molecule has 2 aliphatic rings. The number of carbonyl (C=O) groups is 1. The maximum Gasteiger partial charge on any atom is 0.241 e. The highest BCUT2D eigenvalue weighted by molar-refractivity contribution is 5.95. The number of likely N-dealkylation sites (tertiary alicyclic amines) is 1. The van der Waals surface area contributed by atoms with Crippen molar-refractivity contribution in [3.63, 3.8) is 0 Å². The summed E-state index contributed by atoms with van der Waals surface area (Å²) in [5.41, 5.74) is 1.93. The molecule has 0 bridgehead atoms. The average Bonchev–Trinajstić information content (AvgIpc) is 3.32.